The van der Waals surface area contributed by atoms with Gasteiger partial charge in [-0.3, -0.25) is 10.2 Å². The van der Waals surface area contributed by atoms with Gasteiger partial charge in [-0.2, -0.15) is 0 Å². The standard InChI is InChI=1S/C4H12N2O2/c1-4(7,5-2)8-6-3/h5-7H,1-3H3. The Kier molecular flexibility index (Phi) is 2.93. The molecule has 0 aromatic carbocycles. The van der Waals surface area contributed by atoms with Crippen LogP contribution in [0.2, 0.25) is 0 Å². The topological polar surface area (TPSA) is 53.5 Å². The van der Waals surface area contributed by atoms with E-state index in [2.05, 4.69) is 15.6 Å². The molecule has 0 heterocycles. The van der Waals surface area contributed by atoms with Crippen LogP contribution in [-0.2, 0) is 4.84 Å². The first-order valence-corrected chi connectivity index (χ1v) is 2.38. The summed E-state index contributed by atoms with van der Waals surface area (Å²) in [4.78, 5) is 4.57. The average molecular weight is 120 g/mol. The lowest BCUT2D eigenvalue weighted by Crippen LogP contribution is -2.45. The van der Waals surface area contributed by atoms with Crippen LogP contribution < -0.4 is 10.8 Å². The zero-order chi connectivity index (χ0) is 6.62. The molecule has 0 aromatic rings. The summed E-state index contributed by atoms with van der Waals surface area (Å²) in [5, 5.41) is 11.4. The van der Waals surface area contributed by atoms with E-state index in [4.69, 9.17) is 5.11 Å². The van der Waals surface area contributed by atoms with Crippen molar-refractivity contribution >= 4 is 0 Å². The Morgan fingerprint density at radius 1 is 1.50 bits per heavy atom. The monoisotopic (exact) mass is 120 g/mol. The van der Waals surface area contributed by atoms with Gasteiger partial charge in [-0.15, -0.1) is 0 Å². The zero-order valence-corrected chi connectivity index (χ0v) is 5.36. The second kappa shape index (κ2) is 2.99. The van der Waals surface area contributed by atoms with Crippen molar-refractivity contribution in [3.05, 3.63) is 0 Å². The van der Waals surface area contributed by atoms with Crippen LogP contribution in [0.3, 0.4) is 0 Å². The number of rotatable bonds is 3. The summed E-state index contributed by atoms with van der Waals surface area (Å²) in [5.74, 6) is -1.27. The summed E-state index contributed by atoms with van der Waals surface area (Å²) in [6, 6.07) is 0. The molecule has 0 amide bonds. The van der Waals surface area contributed by atoms with E-state index in [0.717, 1.165) is 0 Å². The quantitative estimate of drug-likeness (QED) is 0.331. The van der Waals surface area contributed by atoms with Crippen LogP contribution in [0, 0.1) is 0 Å². The van der Waals surface area contributed by atoms with Crippen molar-refractivity contribution in [2.24, 2.45) is 0 Å². The molecule has 0 aliphatic carbocycles. The molecule has 0 saturated heterocycles. The molecular weight excluding hydrogens is 108 g/mol. The van der Waals surface area contributed by atoms with Crippen LogP contribution in [0.5, 0.6) is 0 Å². The molecule has 4 heteroatoms. The zero-order valence-electron chi connectivity index (χ0n) is 5.36. The van der Waals surface area contributed by atoms with Gasteiger partial charge in [-0.1, -0.05) is 0 Å². The van der Waals surface area contributed by atoms with E-state index in [0.29, 0.717) is 0 Å². The minimum absolute atomic E-state index is 1.27. The molecule has 0 spiro atoms. The van der Waals surface area contributed by atoms with Crippen molar-refractivity contribution in [2.45, 2.75) is 12.8 Å². The fourth-order valence-corrected chi connectivity index (χ4v) is 0.250. The van der Waals surface area contributed by atoms with Crippen molar-refractivity contribution in [3.8, 4) is 0 Å². The average Bonchev–Trinajstić information content (AvgIpc) is 1.67. The second-order valence-electron chi connectivity index (χ2n) is 1.54. The molecule has 0 aromatic heterocycles. The van der Waals surface area contributed by atoms with Crippen molar-refractivity contribution in [3.63, 3.8) is 0 Å². The van der Waals surface area contributed by atoms with E-state index in [1.165, 1.54) is 6.92 Å². The molecule has 0 bridgehead atoms. The van der Waals surface area contributed by atoms with Gasteiger partial charge in [0, 0.05) is 14.0 Å². The highest BCUT2D eigenvalue weighted by Gasteiger charge is 2.15. The highest BCUT2D eigenvalue weighted by atomic mass is 16.8. The molecule has 1 atom stereocenters. The van der Waals surface area contributed by atoms with E-state index in [1.807, 2.05) is 0 Å². The van der Waals surface area contributed by atoms with Crippen LogP contribution in [0.1, 0.15) is 6.92 Å². The molecule has 4 nitrogen and oxygen atoms in total. The first-order chi connectivity index (χ1) is 3.62. The molecule has 0 radical (unpaired) electrons. The number of hydroxylamine groups is 1. The fraction of sp³-hybridized carbons (Fsp3) is 1.00. The summed E-state index contributed by atoms with van der Waals surface area (Å²) < 4.78 is 0. The van der Waals surface area contributed by atoms with E-state index in [1.54, 1.807) is 14.1 Å². The molecule has 1 unspecified atom stereocenters. The predicted octanol–water partition coefficient (Wildman–Crippen LogP) is -0.977. The molecular formula is C4H12N2O2. The van der Waals surface area contributed by atoms with Gasteiger partial charge in [0.15, 0.2) is 0 Å². The highest BCUT2D eigenvalue weighted by molar-refractivity contribution is 4.46. The van der Waals surface area contributed by atoms with Gasteiger partial charge in [0.25, 0.3) is 0 Å². The van der Waals surface area contributed by atoms with Crippen molar-refractivity contribution in [1.82, 2.24) is 10.8 Å². The Balaban J connectivity index is 3.37. The lowest BCUT2D eigenvalue weighted by Gasteiger charge is -2.20. The first kappa shape index (κ1) is 7.84. The molecule has 0 saturated carbocycles. The third-order valence-electron chi connectivity index (χ3n) is 0.765. The largest absolute Gasteiger partial charge is 0.352 e. The summed E-state index contributed by atoms with van der Waals surface area (Å²) in [5.41, 5.74) is 2.35. The van der Waals surface area contributed by atoms with Gasteiger partial charge in [-0.05, 0) is 7.05 Å². The minimum Gasteiger partial charge on any atom is -0.352 e. The Labute approximate surface area is 48.8 Å². The van der Waals surface area contributed by atoms with Gasteiger partial charge in [-0.25, -0.2) is 5.48 Å². The van der Waals surface area contributed by atoms with Crippen LogP contribution in [0.15, 0.2) is 0 Å². The van der Waals surface area contributed by atoms with Crippen LogP contribution in [0.25, 0.3) is 0 Å². The van der Waals surface area contributed by atoms with E-state index < -0.39 is 5.91 Å². The summed E-state index contributed by atoms with van der Waals surface area (Å²) in [6.45, 7) is 1.49. The number of nitrogens with one attached hydrogen (secondary N) is 2. The lowest BCUT2D eigenvalue weighted by molar-refractivity contribution is -0.238. The number of aliphatic hydroxyl groups is 1. The molecule has 3 N–H and O–H groups in total. The van der Waals surface area contributed by atoms with Gasteiger partial charge in [0.2, 0.25) is 5.91 Å². The molecule has 0 rings (SSSR count). The fourth-order valence-electron chi connectivity index (χ4n) is 0.250. The van der Waals surface area contributed by atoms with Crippen LogP contribution in [-0.4, -0.2) is 25.1 Å². The molecule has 50 valence electrons. The van der Waals surface area contributed by atoms with Gasteiger partial charge < -0.3 is 5.11 Å². The third-order valence-corrected chi connectivity index (χ3v) is 0.765. The summed E-state index contributed by atoms with van der Waals surface area (Å²) in [7, 11) is 3.17. The summed E-state index contributed by atoms with van der Waals surface area (Å²) in [6.07, 6.45) is 0. The van der Waals surface area contributed by atoms with Gasteiger partial charge in [0.1, 0.15) is 0 Å². The van der Waals surface area contributed by atoms with E-state index in [9.17, 15) is 0 Å². The van der Waals surface area contributed by atoms with Crippen LogP contribution in [0.4, 0.5) is 0 Å². The molecule has 0 fully saturated rings. The molecule has 0 aliphatic rings. The summed E-state index contributed by atoms with van der Waals surface area (Å²) >= 11 is 0. The normalized spacial score (nSPS) is 18.0. The maximum Gasteiger partial charge on any atom is 0.239 e. The van der Waals surface area contributed by atoms with Crippen molar-refractivity contribution in [2.75, 3.05) is 14.1 Å². The van der Waals surface area contributed by atoms with Crippen LogP contribution >= 0.6 is 0 Å². The number of hydrogen-bond acceptors (Lipinski definition) is 4. The van der Waals surface area contributed by atoms with Crippen molar-refractivity contribution in [1.29, 1.82) is 0 Å². The first-order valence-electron chi connectivity index (χ1n) is 2.38. The molecule has 0 aliphatic heterocycles. The highest BCUT2D eigenvalue weighted by Crippen LogP contribution is 1.93. The maximum atomic E-state index is 8.93. The Morgan fingerprint density at radius 3 is 2.12 bits per heavy atom. The van der Waals surface area contributed by atoms with E-state index in [-0.39, 0.29) is 0 Å². The SMILES string of the molecule is CNOC(C)(O)NC. The van der Waals surface area contributed by atoms with E-state index >= 15 is 0 Å². The second-order valence-corrected chi connectivity index (χ2v) is 1.54. The smallest absolute Gasteiger partial charge is 0.239 e. The Morgan fingerprint density at radius 2 is 2.00 bits per heavy atom. The third kappa shape index (κ3) is 2.92. The lowest BCUT2D eigenvalue weighted by atomic mass is 10.6. The Hall–Kier alpha value is -0.160. The minimum atomic E-state index is -1.27. The molecule has 8 heavy (non-hydrogen) atoms. The van der Waals surface area contributed by atoms with Gasteiger partial charge in [0.05, 0.1) is 0 Å². The van der Waals surface area contributed by atoms with Gasteiger partial charge >= 0.3 is 0 Å². The maximum absolute atomic E-state index is 8.93. The predicted molar refractivity (Wildman–Crippen MR) is 29.8 cm³/mol. The van der Waals surface area contributed by atoms with Crippen molar-refractivity contribution < 1.29 is 9.94 Å². The number of hydrogen-bond donors (Lipinski definition) is 3. The Bertz CT molecular complexity index is 65.1.